The molecule has 0 spiro atoms. The molecule has 0 N–H and O–H groups in total. The van der Waals surface area contributed by atoms with Gasteiger partial charge in [0.25, 0.3) is 0 Å². The largest absolute Gasteiger partial charge is 0.462 e. The normalized spacial score (nSPS) is 31.7. The summed E-state index contributed by atoms with van der Waals surface area (Å²) in [6.45, 7) is 20.0. The number of nitrogens with zero attached hydrogens (tertiary/aromatic N) is 3. The van der Waals surface area contributed by atoms with Gasteiger partial charge >= 0.3 is 11.9 Å². The fourth-order valence-electron chi connectivity index (χ4n) is 12.1. The van der Waals surface area contributed by atoms with Crippen molar-refractivity contribution < 1.29 is 19.1 Å². The van der Waals surface area contributed by atoms with Gasteiger partial charge in [0.2, 0.25) is 0 Å². The number of likely N-dealkylation sites (tertiary alicyclic amines) is 2. The highest BCUT2D eigenvalue weighted by molar-refractivity contribution is 5.70. The molecule has 2 heterocycles. The Morgan fingerprint density at radius 2 is 0.887 bits per heavy atom. The van der Waals surface area contributed by atoms with Crippen LogP contribution in [0.15, 0.2) is 0 Å². The molecule has 0 bridgehead atoms. The number of rotatable bonds is 13. The smallest absolute Gasteiger partial charge is 0.307 e. The van der Waals surface area contributed by atoms with Crippen molar-refractivity contribution in [3.8, 4) is 0 Å². The predicted octanol–water partition coefficient (Wildman–Crippen LogP) is 10.2. The number of piperidine rings is 2. The number of esters is 2. The fourth-order valence-corrected chi connectivity index (χ4v) is 12.1. The van der Waals surface area contributed by atoms with E-state index in [0.717, 1.165) is 50.4 Å². The first-order valence-electron chi connectivity index (χ1n) is 22.5. The molecule has 4 atom stereocenters. The molecule has 2 aliphatic heterocycles. The number of hydrogen-bond acceptors (Lipinski definition) is 7. The maximum atomic E-state index is 13.8. The van der Waals surface area contributed by atoms with Gasteiger partial charge in [-0.1, -0.05) is 83.5 Å². The van der Waals surface area contributed by atoms with Crippen molar-refractivity contribution in [2.45, 2.75) is 231 Å². The van der Waals surface area contributed by atoms with Crippen LogP contribution in [-0.2, 0) is 19.1 Å². The molecule has 5 aliphatic rings. The first-order chi connectivity index (χ1) is 24.9. The predicted molar refractivity (Wildman–Crippen MR) is 218 cm³/mol. The Morgan fingerprint density at radius 3 is 1.25 bits per heavy atom. The second-order valence-corrected chi connectivity index (χ2v) is 21.0. The summed E-state index contributed by atoms with van der Waals surface area (Å²) in [6.07, 6.45) is 24.0. The fraction of sp³-hybridized carbons (Fsp3) is 0.957. The van der Waals surface area contributed by atoms with Gasteiger partial charge in [0.05, 0.1) is 12.8 Å². The van der Waals surface area contributed by atoms with E-state index in [-0.39, 0.29) is 46.3 Å². The molecule has 7 nitrogen and oxygen atoms in total. The van der Waals surface area contributed by atoms with Gasteiger partial charge in [0.1, 0.15) is 12.2 Å². The molecule has 3 aliphatic carbocycles. The lowest BCUT2D eigenvalue weighted by atomic mass is 9.66. The van der Waals surface area contributed by atoms with Crippen molar-refractivity contribution in [2.75, 3.05) is 27.2 Å². The molecule has 3 saturated carbocycles. The van der Waals surface area contributed by atoms with Crippen LogP contribution in [0, 0.1) is 23.7 Å². The molecular formula is C46H83N3O4. The van der Waals surface area contributed by atoms with E-state index in [9.17, 15) is 9.59 Å². The monoisotopic (exact) mass is 742 g/mol. The molecule has 4 unspecified atom stereocenters. The van der Waals surface area contributed by atoms with Crippen molar-refractivity contribution in [2.24, 2.45) is 23.7 Å². The van der Waals surface area contributed by atoms with Crippen LogP contribution < -0.4 is 0 Å². The van der Waals surface area contributed by atoms with E-state index < -0.39 is 0 Å². The third-order valence-electron chi connectivity index (χ3n) is 16.1. The maximum absolute atomic E-state index is 13.8. The number of carbonyl (C=O) groups excluding carboxylic acids is 2. The molecule has 2 saturated heterocycles. The van der Waals surface area contributed by atoms with Crippen LogP contribution in [0.5, 0.6) is 0 Å². The minimum absolute atomic E-state index is 0.0421. The van der Waals surface area contributed by atoms with Gasteiger partial charge in [-0.05, 0) is 107 Å². The van der Waals surface area contributed by atoms with E-state index in [1.54, 1.807) is 0 Å². The second-order valence-electron chi connectivity index (χ2n) is 21.0. The highest BCUT2D eigenvalue weighted by Gasteiger charge is 2.53. The van der Waals surface area contributed by atoms with Crippen LogP contribution in [0.3, 0.4) is 0 Å². The van der Waals surface area contributed by atoms with Crippen molar-refractivity contribution in [3.63, 3.8) is 0 Å². The summed E-state index contributed by atoms with van der Waals surface area (Å²) in [4.78, 5) is 35.2. The Bertz CT molecular complexity index is 1100. The molecular weight excluding hydrogens is 659 g/mol. The quantitative estimate of drug-likeness (QED) is 0.174. The molecule has 0 amide bonds. The van der Waals surface area contributed by atoms with Gasteiger partial charge in [-0.3, -0.25) is 24.3 Å². The van der Waals surface area contributed by atoms with Crippen molar-refractivity contribution in [1.29, 1.82) is 0 Å². The zero-order chi connectivity index (χ0) is 38.6. The Labute approximate surface area is 326 Å². The third kappa shape index (κ3) is 10.6. The van der Waals surface area contributed by atoms with Crippen LogP contribution in [0.25, 0.3) is 0 Å². The van der Waals surface area contributed by atoms with Gasteiger partial charge in [0, 0.05) is 66.0 Å². The summed E-state index contributed by atoms with van der Waals surface area (Å²) in [5.74, 6) is 2.00. The SMILES string of the molecule is CN1C(C)(C)CC(OC(=O)CCN(CCC(=O)OC2CC(C)(C)N(C)C(C)(C)C2CC2CCCCC2)C2CCCCC2)C(CC2CCCCC2)C1(C)C. The number of hydrogen-bond donors (Lipinski definition) is 0. The van der Waals surface area contributed by atoms with E-state index in [4.69, 9.17) is 9.47 Å². The molecule has 7 heteroatoms. The molecule has 53 heavy (non-hydrogen) atoms. The highest BCUT2D eigenvalue weighted by Crippen LogP contribution is 2.48. The van der Waals surface area contributed by atoms with E-state index in [2.05, 4.69) is 84.2 Å². The van der Waals surface area contributed by atoms with Gasteiger partial charge < -0.3 is 9.47 Å². The highest BCUT2D eigenvalue weighted by atomic mass is 16.5. The molecule has 5 fully saturated rings. The lowest BCUT2D eigenvalue weighted by Gasteiger charge is -2.58. The topological polar surface area (TPSA) is 62.3 Å². The van der Waals surface area contributed by atoms with Crippen LogP contribution >= 0.6 is 0 Å². The van der Waals surface area contributed by atoms with Crippen LogP contribution in [0.4, 0.5) is 0 Å². The number of ether oxygens (including phenoxy) is 2. The summed E-state index contributed by atoms with van der Waals surface area (Å²) in [5.41, 5.74) is -0.183. The van der Waals surface area contributed by atoms with Gasteiger partial charge in [-0.25, -0.2) is 0 Å². The molecule has 5 rings (SSSR count). The van der Waals surface area contributed by atoms with Gasteiger partial charge in [-0.2, -0.15) is 0 Å². The van der Waals surface area contributed by atoms with E-state index >= 15 is 0 Å². The van der Waals surface area contributed by atoms with Crippen LogP contribution in [0.2, 0.25) is 0 Å². The zero-order valence-electron chi connectivity index (χ0n) is 36.3. The zero-order valence-corrected chi connectivity index (χ0v) is 36.3. The summed E-state index contributed by atoms with van der Waals surface area (Å²) in [5, 5.41) is 0. The summed E-state index contributed by atoms with van der Waals surface area (Å²) < 4.78 is 13.1. The third-order valence-corrected chi connectivity index (χ3v) is 16.1. The Kier molecular flexibility index (Phi) is 14.5. The number of carbonyl (C=O) groups is 2. The lowest BCUT2D eigenvalue weighted by molar-refractivity contribution is -0.173. The Balaban J connectivity index is 1.22. The van der Waals surface area contributed by atoms with Crippen molar-refractivity contribution in [3.05, 3.63) is 0 Å². The first kappa shape index (κ1) is 43.0. The second kappa shape index (κ2) is 18.0. The maximum Gasteiger partial charge on any atom is 0.307 e. The standard InChI is InChI=1S/C46H83N3O4/c1-43(2)32-39(37(45(5,6)47(43)9)30-34-20-14-11-15-21-34)52-41(50)26-28-49(36-24-18-13-19-25-36)29-27-42(51)53-40-33-44(3,4)48(10)46(7,8)38(40)31-35-22-16-12-17-23-35/h34-40H,11-33H2,1-10H3. The van der Waals surface area contributed by atoms with Crippen molar-refractivity contribution in [1.82, 2.24) is 14.7 Å². The van der Waals surface area contributed by atoms with Crippen molar-refractivity contribution >= 4 is 11.9 Å². The Morgan fingerprint density at radius 1 is 0.547 bits per heavy atom. The van der Waals surface area contributed by atoms with E-state index in [1.807, 2.05) is 0 Å². The molecule has 0 aromatic heterocycles. The Hall–Kier alpha value is -1.18. The first-order valence-corrected chi connectivity index (χ1v) is 22.5. The van der Waals surface area contributed by atoms with Crippen LogP contribution in [-0.4, -0.2) is 94.2 Å². The summed E-state index contributed by atoms with van der Waals surface area (Å²) >= 11 is 0. The van der Waals surface area contributed by atoms with Gasteiger partial charge in [0.15, 0.2) is 0 Å². The summed E-state index contributed by atoms with van der Waals surface area (Å²) in [6, 6.07) is 0.421. The van der Waals surface area contributed by atoms with E-state index in [0.29, 0.717) is 43.8 Å². The minimum atomic E-state index is -0.0653. The lowest BCUT2D eigenvalue weighted by Crippen LogP contribution is -2.65. The summed E-state index contributed by atoms with van der Waals surface area (Å²) in [7, 11) is 4.54. The van der Waals surface area contributed by atoms with E-state index in [1.165, 1.54) is 83.5 Å². The molecule has 0 aromatic rings. The average molecular weight is 742 g/mol. The minimum Gasteiger partial charge on any atom is -0.462 e. The molecule has 0 aromatic carbocycles. The van der Waals surface area contributed by atoms with Gasteiger partial charge in [-0.15, -0.1) is 0 Å². The molecule has 0 radical (unpaired) electrons. The van der Waals surface area contributed by atoms with Crippen LogP contribution in [0.1, 0.15) is 190 Å². The molecule has 306 valence electrons. The average Bonchev–Trinajstić information content (AvgIpc) is 3.11.